The molecule has 2 aromatic rings. The number of anilines is 1. The van der Waals surface area contributed by atoms with Crippen LogP contribution in [0.4, 0.5) is 6.01 Å². The Bertz CT molecular complexity index is 599. The molecule has 1 aliphatic rings. The first-order valence-corrected chi connectivity index (χ1v) is 7.61. The molecular formula is C16H24N4O. The number of piperazine rings is 1. The van der Waals surface area contributed by atoms with E-state index in [1.807, 2.05) is 6.07 Å². The van der Waals surface area contributed by atoms with Gasteiger partial charge in [0, 0.05) is 39.3 Å². The smallest absolute Gasteiger partial charge is 0.298 e. The summed E-state index contributed by atoms with van der Waals surface area (Å²) >= 11 is 0. The summed E-state index contributed by atoms with van der Waals surface area (Å²) in [5.41, 5.74) is 3.06. The third kappa shape index (κ3) is 3.36. The fourth-order valence-electron chi connectivity index (χ4n) is 2.66. The molecule has 3 rings (SSSR count). The van der Waals surface area contributed by atoms with E-state index in [0.717, 1.165) is 56.4 Å². The zero-order valence-electron chi connectivity index (χ0n) is 13.2. The van der Waals surface area contributed by atoms with Crippen molar-refractivity contribution in [1.82, 2.24) is 14.8 Å². The van der Waals surface area contributed by atoms with Crippen LogP contribution in [0.1, 0.15) is 5.56 Å². The number of hydrogen-bond donors (Lipinski definition) is 0. The topological polar surface area (TPSA) is 35.8 Å². The van der Waals surface area contributed by atoms with E-state index in [1.54, 1.807) is 0 Å². The molecule has 1 aromatic carbocycles. The summed E-state index contributed by atoms with van der Waals surface area (Å²) in [5, 5.41) is 0. The van der Waals surface area contributed by atoms with Crippen molar-refractivity contribution in [3.63, 3.8) is 0 Å². The Kier molecular flexibility index (Phi) is 4.12. The summed E-state index contributed by atoms with van der Waals surface area (Å²) in [6, 6.07) is 6.92. The highest BCUT2D eigenvalue weighted by Gasteiger charge is 2.20. The molecule has 1 saturated heterocycles. The lowest BCUT2D eigenvalue weighted by Crippen LogP contribution is -2.48. The average molecular weight is 288 g/mol. The Hall–Kier alpha value is -1.59. The van der Waals surface area contributed by atoms with Crippen molar-refractivity contribution in [3.05, 3.63) is 23.8 Å². The summed E-state index contributed by atoms with van der Waals surface area (Å²) in [6.07, 6.45) is 0. The molecule has 114 valence electrons. The lowest BCUT2D eigenvalue weighted by atomic mass is 10.2. The third-order valence-electron chi connectivity index (χ3n) is 4.04. The minimum absolute atomic E-state index is 0.767. The fourth-order valence-corrected chi connectivity index (χ4v) is 2.66. The minimum Gasteiger partial charge on any atom is -0.423 e. The minimum atomic E-state index is 0.767. The molecule has 0 bridgehead atoms. The Morgan fingerprint density at radius 1 is 1.19 bits per heavy atom. The van der Waals surface area contributed by atoms with E-state index in [0.29, 0.717) is 0 Å². The van der Waals surface area contributed by atoms with Gasteiger partial charge < -0.3 is 14.2 Å². The number of aryl methyl sites for hydroxylation is 1. The Balaban J connectivity index is 1.62. The molecule has 1 fully saturated rings. The van der Waals surface area contributed by atoms with Crippen LogP contribution in [0.15, 0.2) is 22.6 Å². The van der Waals surface area contributed by atoms with Gasteiger partial charge in [0.05, 0.1) is 0 Å². The van der Waals surface area contributed by atoms with Crippen molar-refractivity contribution in [1.29, 1.82) is 0 Å². The molecule has 0 spiro atoms. The van der Waals surface area contributed by atoms with Crippen molar-refractivity contribution >= 4 is 17.1 Å². The van der Waals surface area contributed by atoms with E-state index in [1.165, 1.54) is 5.56 Å². The highest BCUT2D eigenvalue weighted by molar-refractivity contribution is 5.75. The van der Waals surface area contributed by atoms with Gasteiger partial charge >= 0.3 is 0 Å². The van der Waals surface area contributed by atoms with E-state index in [9.17, 15) is 0 Å². The monoisotopic (exact) mass is 288 g/mol. The highest BCUT2D eigenvalue weighted by atomic mass is 16.4. The number of likely N-dealkylation sites (N-methyl/N-ethyl adjacent to an activating group) is 1. The Morgan fingerprint density at radius 3 is 2.67 bits per heavy atom. The maximum absolute atomic E-state index is 5.88. The van der Waals surface area contributed by atoms with E-state index in [4.69, 9.17) is 4.42 Å². The second-order valence-electron chi connectivity index (χ2n) is 6.10. The van der Waals surface area contributed by atoms with Crippen LogP contribution < -0.4 is 4.90 Å². The van der Waals surface area contributed by atoms with Crippen molar-refractivity contribution in [2.45, 2.75) is 6.92 Å². The van der Waals surface area contributed by atoms with E-state index in [2.05, 4.69) is 52.8 Å². The summed E-state index contributed by atoms with van der Waals surface area (Å²) in [5.74, 6) is 0. The second-order valence-corrected chi connectivity index (χ2v) is 6.10. The van der Waals surface area contributed by atoms with Crippen LogP contribution >= 0.6 is 0 Å². The van der Waals surface area contributed by atoms with Gasteiger partial charge in [0.1, 0.15) is 5.52 Å². The van der Waals surface area contributed by atoms with Crippen molar-refractivity contribution in [2.24, 2.45) is 0 Å². The Morgan fingerprint density at radius 2 is 1.95 bits per heavy atom. The number of rotatable bonds is 4. The van der Waals surface area contributed by atoms with Crippen LogP contribution in [0.5, 0.6) is 0 Å². The van der Waals surface area contributed by atoms with Gasteiger partial charge in [-0.3, -0.25) is 4.90 Å². The maximum Gasteiger partial charge on any atom is 0.298 e. The lowest BCUT2D eigenvalue weighted by Gasteiger charge is -2.34. The molecule has 2 heterocycles. The fraction of sp³-hybridized carbons (Fsp3) is 0.562. The second kappa shape index (κ2) is 6.03. The van der Waals surface area contributed by atoms with Crippen LogP contribution in [0, 0.1) is 6.92 Å². The quantitative estimate of drug-likeness (QED) is 0.857. The van der Waals surface area contributed by atoms with Gasteiger partial charge in [-0.15, -0.1) is 0 Å². The van der Waals surface area contributed by atoms with E-state index in [-0.39, 0.29) is 0 Å². The van der Waals surface area contributed by atoms with E-state index >= 15 is 0 Å². The first kappa shape index (κ1) is 14.4. The predicted octanol–water partition coefficient (Wildman–Crippen LogP) is 1.82. The lowest BCUT2D eigenvalue weighted by molar-refractivity contribution is 0.226. The largest absolute Gasteiger partial charge is 0.423 e. The molecule has 1 aromatic heterocycles. The van der Waals surface area contributed by atoms with Crippen LogP contribution in [0.2, 0.25) is 0 Å². The van der Waals surface area contributed by atoms with Gasteiger partial charge in [-0.25, -0.2) is 0 Å². The summed E-state index contributed by atoms with van der Waals surface area (Å²) in [6.45, 7) is 8.45. The van der Waals surface area contributed by atoms with Gasteiger partial charge in [-0.1, -0.05) is 6.07 Å². The zero-order valence-corrected chi connectivity index (χ0v) is 13.2. The standard InChI is InChI=1S/C16H24N4O/c1-13-4-5-15-14(12-13)17-16(21-15)20-10-8-19(9-11-20)7-6-18(2)3/h4-5,12H,6-11H2,1-3H3. The van der Waals surface area contributed by atoms with Crippen molar-refractivity contribution in [3.8, 4) is 0 Å². The normalized spacial score (nSPS) is 17.0. The van der Waals surface area contributed by atoms with Crippen LogP contribution in [-0.2, 0) is 0 Å². The molecule has 0 amide bonds. The average Bonchev–Trinajstić information content (AvgIpc) is 2.88. The molecular weight excluding hydrogens is 264 g/mol. The summed E-state index contributed by atoms with van der Waals surface area (Å²) in [7, 11) is 4.24. The highest BCUT2D eigenvalue weighted by Crippen LogP contribution is 2.23. The Labute approximate surface area is 126 Å². The molecule has 0 aliphatic carbocycles. The van der Waals surface area contributed by atoms with E-state index < -0.39 is 0 Å². The van der Waals surface area contributed by atoms with Gasteiger partial charge in [-0.2, -0.15) is 4.98 Å². The summed E-state index contributed by atoms with van der Waals surface area (Å²) in [4.78, 5) is 11.6. The number of nitrogens with zero attached hydrogens (tertiary/aromatic N) is 4. The van der Waals surface area contributed by atoms with Crippen LogP contribution in [0.25, 0.3) is 11.1 Å². The summed E-state index contributed by atoms with van der Waals surface area (Å²) < 4.78 is 5.88. The molecule has 5 heteroatoms. The van der Waals surface area contributed by atoms with Crippen molar-refractivity contribution < 1.29 is 4.42 Å². The molecule has 0 saturated carbocycles. The maximum atomic E-state index is 5.88. The molecule has 1 aliphatic heterocycles. The SMILES string of the molecule is Cc1ccc2oc(N3CCN(CCN(C)C)CC3)nc2c1. The molecule has 5 nitrogen and oxygen atoms in total. The number of aromatic nitrogens is 1. The van der Waals surface area contributed by atoms with Gasteiger partial charge in [0.2, 0.25) is 0 Å². The first-order chi connectivity index (χ1) is 10.1. The van der Waals surface area contributed by atoms with Crippen molar-refractivity contribution in [2.75, 3.05) is 58.3 Å². The van der Waals surface area contributed by atoms with Gasteiger partial charge in [0.25, 0.3) is 6.01 Å². The van der Waals surface area contributed by atoms with Gasteiger partial charge in [-0.05, 0) is 38.7 Å². The van der Waals surface area contributed by atoms with Gasteiger partial charge in [0.15, 0.2) is 5.58 Å². The molecule has 0 radical (unpaired) electrons. The number of fused-ring (bicyclic) bond motifs is 1. The number of benzene rings is 1. The number of oxazole rings is 1. The first-order valence-electron chi connectivity index (χ1n) is 7.61. The molecule has 0 atom stereocenters. The van der Waals surface area contributed by atoms with Crippen LogP contribution in [-0.4, -0.2) is 68.1 Å². The zero-order chi connectivity index (χ0) is 14.8. The van der Waals surface area contributed by atoms with Crippen LogP contribution in [0.3, 0.4) is 0 Å². The predicted molar refractivity (Wildman–Crippen MR) is 86.0 cm³/mol. The molecule has 0 N–H and O–H groups in total. The number of hydrogen-bond acceptors (Lipinski definition) is 5. The molecule has 0 unspecified atom stereocenters. The molecule has 21 heavy (non-hydrogen) atoms. The third-order valence-corrected chi connectivity index (χ3v) is 4.04.